The van der Waals surface area contributed by atoms with Crippen LogP contribution in [0.3, 0.4) is 0 Å². The van der Waals surface area contributed by atoms with Crippen molar-refractivity contribution in [3.05, 3.63) is 48.3 Å². The van der Waals surface area contributed by atoms with Gasteiger partial charge in [0.2, 0.25) is 5.95 Å². The van der Waals surface area contributed by atoms with Gasteiger partial charge in [-0.2, -0.15) is 4.98 Å². The summed E-state index contributed by atoms with van der Waals surface area (Å²) in [4.78, 5) is 23.9. The molecule has 12 heteroatoms. The van der Waals surface area contributed by atoms with Crippen LogP contribution in [-0.2, 0) is 9.84 Å². The summed E-state index contributed by atoms with van der Waals surface area (Å²) in [5.41, 5.74) is 2.45. The largest absolute Gasteiger partial charge is 0.395 e. The Morgan fingerprint density at radius 1 is 1.08 bits per heavy atom. The van der Waals surface area contributed by atoms with Crippen LogP contribution in [0, 0.1) is 6.92 Å². The van der Waals surface area contributed by atoms with Gasteiger partial charge in [-0.05, 0) is 38.3 Å². The van der Waals surface area contributed by atoms with E-state index in [1.54, 1.807) is 24.4 Å². The minimum atomic E-state index is -3.26. The molecule has 0 spiro atoms. The van der Waals surface area contributed by atoms with E-state index in [1.165, 1.54) is 11.3 Å². The number of pyridine rings is 1. The molecule has 10 nitrogen and oxygen atoms in total. The number of hydrogen-bond donors (Lipinski definition) is 2. The van der Waals surface area contributed by atoms with E-state index in [4.69, 9.17) is 15.0 Å². The second-order valence-electron chi connectivity index (χ2n) is 10.6. The van der Waals surface area contributed by atoms with Crippen LogP contribution in [0.1, 0.15) is 25.0 Å². The number of thiazole rings is 1. The van der Waals surface area contributed by atoms with Gasteiger partial charge in [-0.3, -0.25) is 4.90 Å². The molecule has 4 aromatic rings. The van der Waals surface area contributed by atoms with Crippen molar-refractivity contribution in [1.82, 2.24) is 24.8 Å². The number of piperazine rings is 1. The van der Waals surface area contributed by atoms with Gasteiger partial charge in [-0.25, -0.2) is 23.4 Å². The number of sulfone groups is 1. The zero-order valence-electron chi connectivity index (χ0n) is 21.5. The molecule has 2 bridgehead atoms. The Labute approximate surface area is 230 Å². The highest BCUT2D eigenvalue weighted by molar-refractivity contribution is 7.92. The van der Waals surface area contributed by atoms with Gasteiger partial charge in [0, 0.05) is 61.3 Å². The summed E-state index contributed by atoms with van der Waals surface area (Å²) in [7, 11) is -3.26. The number of hydrogen-bond acceptors (Lipinski definition) is 11. The molecule has 7 rings (SSSR count). The number of aryl methyl sites for hydroxylation is 1. The van der Waals surface area contributed by atoms with Crippen molar-refractivity contribution >= 4 is 49.0 Å². The number of rotatable bonds is 8. The van der Waals surface area contributed by atoms with Crippen molar-refractivity contribution in [2.75, 3.05) is 36.5 Å². The van der Waals surface area contributed by atoms with E-state index in [-0.39, 0.29) is 11.9 Å². The van der Waals surface area contributed by atoms with Crippen LogP contribution in [0.2, 0.25) is 0 Å². The predicted octanol–water partition coefficient (Wildman–Crippen LogP) is 3.39. The Hall–Kier alpha value is -3.19. The first-order valence-electron chi connectivity index (χ1n) is 13.2. The van der Waals surface area contributed by atoms with E-state index in [2.05, 4.69) is 20.1 Å². The summed E-state index contributed by atoms with van der Waals surface area (Å²) in [6.45, 7) is 4.65. The molecule has 2 atom stereocenters. The monoisotopic (exact) mass is 563 g/mol. The lowest BCUT2D eigenvalue weighted by Gasteiger charge is -2.34. The third-order valence-corrected chi connectivity index (χ3v) is 11.1. The Morgan fingerprint density at radius 3 is 2.72 bits per heavy atom. The van der Waals surface area contributed by atoms with Crippen molar-refractivity contribution in [3.63, 3.8) is 0 Å². The molecule has 1 aromatic carbocycles. The number of nitrogens with zero attached hydrogens (tertiary/aromatic N) is 6. The fourth-order valence-corrected chi connectivity index (χ4v) is 8.29. The Kier molecular flexibility index (Phi) is 6.03. The second-order valence-corrected chi connectivity index (χ2v) is 13.8. The first-order valence-corrected chi connectivity index (χ1v) is 15.6. The number of nitrogens with one attached hydrogen (secondary N) is 1. The number of likely N-dealkylation sites (tertiary alicyclic amines) is 1. The SMILES string of the molecule is Cc1cc(Nc2cc3nc(-c4cccc(S(=O)(=O)C5CC5)c4)sc3cn2)nc(N2C[C@@H]3C[C@H]2CN3CCO)n1. The number of aliphatic hydroxyl groups excluding tert-OH is 1. The summed E-state index contributed by atoms with van der Waals surface area (Å²) < 4.78 is 26.4. The Balaban J connectivity index is 1.12. The van der Waals surface area contributed by atoms with E-state index < -0.39 is 9.84 Å². The number of aliphatic hydroxyl groups is 1. The highest BCUT2D eigenvalue weighted by atomic mass is 32.2. The average Bonchev–Trinajstić information content (AvgIpc) is 3.42. The summed E-state index contributed by atoms with van der Waals surface area (Å²) in [6, 6.07) is 11.7. The van der Waals surface area contributed by atoms with E-state index >= 15 is 0 Å². The number of β-amino-alcohol motifs (C(OH)–C–C–N with tert-alkyl or cyclic N) is 1. The summed E-state index contributed by atoms with van der Waals surface area (Å²) in [5, 5.41) is 13.2. The van der Waals surface area contributed by atoms with Crippen LogP contribution in [0.25, 0.3) is 20.8 Å². The lowest BCUT2D eigenvalue weighted by atomic mass is 10.2. The minimum absolute atomic E-state index is 0.185. The summed E-state index contributed by atoms with van der Waals surface area (Å²) in [5.74, 6) is 2.02. The minimum Gasteiger partial charge on any atom is -0.395 e. The van der Waals surface area contributed by atoms with E-state index in [0.717, 1.165) is 58.8 Å². The standard InChI is InChI=1S/C27H29N7O3S2/c1-16-9-25(32-27(29-16)34-15-18-11-19(34)14-33(18)7-8-35)31-24-12-22-23(13-28-24)38-26(30-22)17-3-2-4-21(10-17)39(36,37)20-5-6-20/h2-4,9-10,12-13,18-20,35H,5-8,11,14-15H2,1H3,(H,28,29,31,32)/t18-,19-/m0/s1. The molecule has 0 radical (unpaired) electrons. The second kappa shape index (κ2) is 9.47. The molecule has 2 aliphatic heterocycles. The van der Waals surface area contributed by atoms with E-state index in [0.29, 0.717) is 41.1 Å². The van der Waals surface area contributed by atoms with Crippen molar-refractivity contribution < 1.29 is 13.5 Å². The van der Waals surface area contributed by atoms with Crippen LogP contribution in [0.15, 0.2) is 47.5 Å². The Morgan fingerprint density at radius 2 is 1.95 bits per heavy atom. The van der Waals surface area contributed by atoms with Crippen LogP contribution in [0.5, 0.6) is 0 Å². The molecule has 5 heterocycles. The lowest BCUT2D eigenvalue weighted by Crippen LogP contribution is -2.47. The van der Waals surface area contributed by atoms with Gasteiger partial charge in [0.25, 0.3) is 0 Å². The highest BCUT2D eigenvalue weighted by Gasteiger charge is 2.44. The maximum atomic E-state index is 12.7. The Bertz CT molecular complexity index is 1670. The maximum Gasteiger partial charge on any atom is 0.227 e. The molecule has 0 amide bonds. The molecule has 2 saturated heterocycles. The van der Waals surface area contributed by atoms with Crippen LogP contribution in [0.4, 0.5) is 17.6 Å². The highest BCUT2D eigenvalue weighted by Crippen LogP contribution is 2.37. The third-order valence-electron chi connectivity index (χ3n) is 7.74. The molecule has 3 aliphatic rings. The molecular weight excluding hydrogens is 534 g/mol. The van der Waals surface area contributed by atoms with Gasteiger partial charge in [-0.15, -0.1) is 11.3 Å². The number of fused-ring (bicyclic) bond motifs is 3. The van der Waals surface area contributed by atoms with Crippen molar-refractivity contribution in [1.29, 1.82) is 0 Å². The fourth-order valence-electron chi connectivity index (χ4n) is 5.68. The van der Waals surface area contributed by atoms with Gasteiger partial charge in [0.15, 0.2) is 9.84 Å². The van der Waals surface area contributed by atoms with Crippen molar-refractivity contribution in [3.8, 4) is 10.6 Å². The van der Waals surface area contributed by atoms with Gasteiger partial charge in [0.05, 0.1) is 27.0 Å². The van der Waals surface area contributed by atoms with Gasteiger partial charge in [0.1, 0.15) is 16.6 Å². The fraction of sp³-hybridized carbons (Fsp3) is 0.407. The molecule has 3 fully saturated rings. The van der Waals surface area contributed by atoms with Gasteiger partial charge >= 0.3 is 0 Å². The quantitative estimate of drug-likeness (QED) is 0.330. The molecule has 3 aromatic heterocycles. The maximum absolute atomic E-state index is 12.7. The normalized spacial score (nSPS) is 21.2. The van der Waals surface area contributed by atoms with Crippen LogP contribution in [-0.4, -0.2) is 81.9 Å². The third kappa shape index (κ3) is 4.65. The topological polar surface area (TPSA) is 124 Å². The first kappa shape index (κ1) is 24.8. The van der Waals surface area contributed by atoms with Gasteiger partial charge < -0.3 is 15.3 Å². The smallest absolute Gasteiger partial charge is 0.227 e. The molecule has 0 unspecified atom stereocenters. The van der Waals surface area contributed by atoms with Crippen LogP contribution >= 0.6 is 11.3 Å². The molecule has 1 saturated carbocycles. The average molecular weight is 564 g/mol. The molecular formula is C27H29N7O3S2. The van der Waals surface area contributed by atoms with E-state index in [9.17, 15) is 13.5 Å². The van der Waals surface area contributed by atoms with Gasteiger partial charge in [-0.1, -0.05) is 12.1 Å². The van der Waals surface area contributed by atoms with Crippen molar-refractivity contribution in [2.24, 2.45) is 0 Å². The molecule has 1 aliphatic carbocycles. The van der Waals surface area contributed by atoms with Crippen LogP contribution < -0.4 is 10.2 Å². The molecule has 202 valence electrons. The molecule has 2 N–H and O–H groups in total. The number of anilines is 3. The number of benzene rings is 1. The molecule has 39 heavy (non-hydrogen) atoms. The lowest BCUT2D eigenvalue weighted by molar-refractivity contribution is 0.176. The summed E-state index contributed by atoms with van der Waals surface area (Å²) >= 11 is 1.49. The van der Waals surface area contributed by atoms with E-state index in [1.807, 2.05) is 25.1 Å². The zero-order valence-corrected chi connectivity index (χ0v) is 23.1. The predicted molar refractivity (Wildman–Crippen MR) is 151 cm³/mol. The number of aromatic nitrogens is 4. The first-order chi connectivity index (χ1) is 18.9. The zero-order chi connectivity index (χ0) is 26.7. The summed E-state index contributed by atoms with van der Waals surface area (Å²) in [6.07, 6.45) is 4.34. The van der Waals surface area contributed by atoms with Crippen molar-refractivity contribution in [2.45, 2.75) is 48.4 Å².